The molecule has 3 N–H and O–H groups in total. The molecule has 1 rings (SSSR count). The quantitative estimate of drug-likeness (QED) is 0.292. The minimum Gasteiger partial charge on any atom is -0.592 e. The van der Waals surface area contributed by atoms with Crippen molar-refractivity contribution in [1.82, 2.24) is 4.98 Å². The molecule has 18 heavy (non-hydrogen) atoms. The van der Waals surface area contributed by atoms with E-state index in [1.807, 2.05) is 6.26 Å². The van der Waals surface area contributed by atoms with Gasteiger partial charge in [0.15, 0.2) is 16.5 Å². The summed E-state index contributed by atoms with van der Waals surface area (Å²) in [5.74, 6) is 0.250. The van der Waals surface area contributed by atoms with Gasteiger partial charge in [0, 0.05) is 18.0 Å². The van der Waals surface area contributed by atoms with Crippen LogP contribution in [-0.4, -0.2) is 32.0 Å². The number of thioether (sulfide) groups is 1. The van der Waals surface area contributed by atoms with Crippen LogP contribution in [0.1, 0.15) is 16.8 Å². The van der Waals surface area contributed by atoms with Gasteiger partial charge in [0.25, 0.3) is 5.75 Å². The number of hydrogen-bond acceptors (Lipinski definition) is 4. The van der Waals surface area contributed by atoms with Gasteiger partial charge < -0.3 is 20.7 Å². The molecule has 0 aliphatic carbocycles. The standard InChI is InChI=1S/C10H13N3O2S2.Co/c1-6-9(15)8(7(5-14)3-11-6)4-12-13-10(16)17-2;/h3-4,14H,5H2,1-2H3,(H2,11,12,13,15,16);/q;+2/p+1. The molecule has 1 aromatic rings. The van der Waals surface area contributed by atoms with Crippen LogP contribution in [0.2, 0.25) is 0 Å². The fraction of sp³-hybridized carbons (Fsp3) is 0.300. The summed E-state index contributed by atoms with van der Waals surface area (Å²) in [7, 11) is 0. The Balaban J connectivity index is 0.00000289. The summed E-state index contributed by atoms with van der Waals surface area (Å²) in [6.45, 7) is 1.55. The van der Waals surface area contributed by atoms with Crippen LogP contribution in [0.15, 0.2) is 11.3 Å². The molecule has 5 nitrogen and oxygen atoms in total. The number of aliphatic hydroxyl groups excluding tert-OH is 1. The number of thiol groups is 1. The molecular formula is C10H14CoN3O2S2+3. The second-order valence-electron chi connectivity index (χ2n) is 3.15. The van der Waals surface area contributed by atoms with E-state index in [-0.39, 0.29) is 29.1 Å². The van der Waals surface area contributed by atoms with Crippen molar-refractivity contribution < 1.29 is 27.0 Å². The van der Waals surface area contributed by atoms with Crippen LogP contribution in [0.5, 0.6) is 5.75 Å². The molecule has 1 heterocycles. The Bertz CT molecular complexity index is 455. The second-order valence-corrected chi connectivity index (χ2v) is 4.67. The van der Waals surface area contributed by atoms with Crippen LogP contribution in [0.25, 0.3) is 5.43 Å². The third kappa shape index (κ3) is 4.54. The largest absolute Gasteiger partial charge is 2.00 e. The number of hydrogen-bond donors (Lipinski definition) is 1. The molecular weight excluding hydrogens is 317 g/mol. The van der Waals surface area contributed by atoms with E-state index in [4.69, 9.17) is 10.2 Å². The first kappa shape index (κ1) is 17.3. The topological polar surface area (TPSA) is 82.5 Å². The average Bonchev–Trinajstić information content (AvgIpc) is 2.34. The van der Waals surface area contributed by atoms with Crippen molar-refractivity contribution in [3.63, 3.8) is 0 Å². The normalized spacial score (nSPS) is 10.2. The van der Waals surface area contributed by atoms with Crippen molar-refractivity contribution in [3.8, 4) is 5.75 Å². The Morgan fingerprint density at radius 2 is 2.39 bits per heavy atom. The van der Waals surface area contributed by atoms with Crippen molar-refractivity contribution in [3.05, 3.63) is 28.4 Å². The van der Waals surface area contributed by atoms with Crippen molar-refractivity contribution in [2.24, 2.45) is 5.10 Å². The monoisotopic (exact) mass is 331 g/mol. The zero-order valence-corrected chi connectivity index (χ0v) is 12.6. The van der Waals surface area contributed by atoms with E-state index in [1.165, 1.54) is 24.2 Å². The number of aromatic nitrogens is 1. The van der Waals surface area contributed by atoms with Gasteiger partial charge in [0.2, 0.25) is 0 Å². The molecule has 0 fully saturated rings. The molecule has 8 heteroatoms. The molecule has 0 saturated heterocycles. The molecule has 0 atom stereocenters. The van der Waals surface area contributed by atoms with Gasteiger partial charge in [-0.3, -0.25) is 4.98 Å². The Morgan fingerprint density at radius 1 is 1.72 bits per heavy atom. The molecule has 0 aliphatic heterocycles. The van der Waals surface area contributed by atoms with Gasteiger partial charge in [-0.15, -0.1) is 0 Å². The van der Waals surface area contributed by atoms with Crippen molar-refractivity contribution in [2.75, 3.05) is 6.26 Å². The maximum atomic E-state index is 9.15. The van der Waals surface area contributed by atoms with E-state index in [0.29, 0.717) is 21.1 Å². The van der Waals surface area contributed by atoms with Crippen LogP contribution in [0.4, 0.5) is 0 Å². The molecule has 0 aromatic carbocycles. The van der Waals surface area contributed by atoms with Crippen LogP contribution in [0.3, 0.4) is 0 Å². The van der Waals surface area contributed by atoms with E-state index in [0.717, 1.165) is 0 Å². The van der Waals surface area contributed by atoms with Gasteiger partial charge in [-0.1, -0.05) is 11.8 Å². The van der Waals surface area contributed by atoms with Crippen molar-refractivity contribution >= 4 is 34.5 Å². The first-order valence-electron chi connectivity index (χ1n) is 4.75. The number of nitrogens with zero attached hydrogens (tertiary/aromatic N) is 3. The average molecular weight is 331 g/mol. The maximum Gasteiger partial charge on any atom is 2.00 e. The summed E-state index contributed by atoms with van der Waals surface area (Å²) >= 11 is 5.43. The first-order chi connectivity index (χ1) is 8.10. The second kappa shape index (κ2) is 8.43. The molecule has 0 amide bonds. The minimum absolute atomic E-state index is 0. The third-order valence-electron chi connectivity index (χ3n) is 2.07. The Kier molecular flexibility index (Phi) is 8.12. The van der Waals surface area contributed by atoms with E-state index < -0.39 is 0 Å². The van der Waals surface area contributed by atoms with Gasteiger partial charge in [-0.25, -0.2) is 0 Å². The summed E-state index contributed by atoms with van der Waals surface area (Å²) < 4.78 is 0.532. The van der Waals surface area contributed by atoms with E-state index in [2.05, 4.69) is 27.7 Å². The van der Waals surface area contributed by atoms with E-state index in [1.54, 1.807) is 6.92 Å². The van der Waals surface area contributed by atoms with Gasteiger partial charge in [0.05, 0.1) is 12.2 Å². The Hall–Kier alpha value is -0.674. The smallest absolute Gasteiger partial charge is 0.592 e. The Labute approximate surface area is 125 Å². The van der Waals surface area contributed by atoms with Gasteiger partial charge in [-0.2, -0.15) is 0 Å². The number of aliphatic hydroxyl groups is 1. The first-order valence-corrected chi connectivity index (χ1v) is 6.42. The molecule has 0 bridgehead atoms. The summed E-state index contributed by atoms with van der Waals surface area (Å²) in [5, 5.41) is 20.8. The maximum absolute atomic E-state index is 9.15. The summed E-state index contributed by atoms with van der Waals surface area (Å²) in [4.78, 5) is 4.01. The fourth-order valence-electron chi connectivity index (χ4n) is 1.11. The van der Waals surface area contributed by atoms with E-state index >= 15 is 0 Å². The van der Waals surface area contributed by atoms with Gasteiger partial charge in [0.1, 0.15) is 5.69 Å². The van der Waals surface area contributed by atoms with Crippen LogP contribution in [-0.2, 0) is 35.6 Å². The third-order valence-corrected chi connectivity index (χ3v) is 3.16. The molecule has 1 radical (unpaired) electrons. The zero-order chi connectivity index (χ0) is 12.8. The van der Waals surface area contributed by atoms with Crippen LogP contribution < -0.4 is 0 Å². The van der Waals surface area contributed by atoms with Crippen LogP contribution >= 0.6 is 11.8 Å². The summed E-state index contributed by atoms with van der Waals surface area (Å²) in [6.07, 6.45) is 4.82. The molecule has 0 aliphatic rings. The molecule has 0 saturated carbocycles. The predicted molar refractivity (Wildman–Crippen MR) is 76.2 cm³/mol. The van der Waals surface area contributed by atoms with Crippen molar-refractivity contribution in [1.29, 1.82) is 0 Å². The van der Waals surface area contributed by atoms with Crippen LogP contribution in [0, 0.1) is 6.92 Å². The Morgan fingerprint density at radius 3 is 2.94 bits per heavy atom. The molecule has 0 unspecified atom stereocenters. The van der Waals surface area contributed by atoms with Crippen molar-refractivity contribution in [2.45, 2.75) is 13.5 Å². The van der Waals surface area contributed by atoms with Gasteiger partial charge >= 0.3 is 16.8 Å². The number of aryl methyl sites for hydroxylation is 1. The minimum atomic E-state index is -0.180. The predicted octanol–water partition coefficient (Wildman–Crippen LogP) is 0.755. The number of rotatable bonds is 3. The van der Waals surface area contributed by atoms with Gasteiger partial charge in [-0.05, 0) is 13.2 Å². The summed E-state index contributed by atoms with van der Waals surface area (Å²) in [6, 6.07) is 0. The summed E-state index contributed by atoms with van der Waals surface area (Å²) in [5.41, 5.74) is 5.49. The van der Waals surface area contributed by atoms with E-state index in [9.17, 15) is 0 Å². The fourth-order valence-corrected chi connectivity index (χ4v) is 1.29. The molecule has 99 valence electrons. The molecule has 1 aromatic heterocycles. The SMILES string of the molecule is CSC(=[SH+])[N-]N=Cc1c(CO)cnc(C)c1[OH2+].[Co+2]. The molecule has 0 spiro atoms. The number of pyridine rings is 1. The zero-order valence-electron chi connectivity index (χ0n) is 9.84.